The third-order valence-corrected chi connectivity index (χ3v) is 2.66. The number of nitrogen functional groups attached to an aromatic ring is 1. The van der Waals surface area contributed by atoms with Gasteiger partial charge in [-0.15, -0.1) is 0 Å². The van der Waals surface area contributed by atoms with Crippen molar-refractivity contribution in [3.8, 4) is 0 Å². The lowest BCUT2D eigenvalue weighted by molar-refractivity contribution is 0.557. The molecule has 1 rings (SSSR count). The van der Waals surface area contributed by atoms with Crippen LogP contribution in [0.2, 0.25) is 0 Å². The lowest BCUT2D eigenvalue weighted by Crippen LogP contribution is -2.22. The number of hydrogen-bond donors (Lipinski definition) is 2. The Balaban J connectivity index is 2.88. The minimum atomic E-state index is 0.290. The van der Waals surface area contributed by atoms with E-state index in [2.05, 4.69) is 49.9 Å². The van der Waals surface area contributed by atoms with Crippen molar-refractivity contribution in [1.82, 2.24) is 9.97 Å². The molecule has 0 amide bonds. The Kier molecular flexibility index (Phi) is 4.10. The van der Waals surface area contributed by atoms with Crippen molar-refractivity contribution in [2.45, 2.75) is 46.6 Å². The van der Waals surface area contributed by atoms with Crippen LogP contribution in [0.5, 0.6) is 0 Å². The fourth-order valence-electron chi connectivity index (χ4n) is 1.22. The zero-order valence-corrected chi connectivity index (χ0v) is 10.8. The second kappa shape index (κ2) is 5.14. The summed E-state index contributed by atoms with van der Waals surface area (Å²) in [6, 6.07) is 2.15. The Morgan fingerprint density at radius 2 is 1.75 bits per heavy atom. The van der Waals surface area contributed by atoms with Crippen LogP contribution in [0.1, 0.15) is 46.4 Å². The van der Waals surface area contributed by atoms with Gasteiger partial charge in [-0.3, -0.25) is 0 Å². The summed E-state index contributed by atoms with van der Waals surface area (Å²) in [5.74, 6) is 2.98. The van der Waals surface area contributed by atoms with Gasteiger partial charge < -0.3 is 11.1 Å². The molecule has 1 aromatic heterocycles. The summed E-state index contributed by atoms with van der Waals surface area (Å²) in [5.41, 5.74) is 5.76. The molecule has 90 valence electrons. The largest absolute Gasteiger partial charge is 0.384 e. The van der Waals surface area contributed by atoms with Gasteiger partial charge in [0.05, 0.1) is 0 Å². The van der Waals surface area contributed by atoms with Gasteiger partial charge in [0, 0.05) is 18.0 Å². The van der Waals surface area contributed by atoms with Crippen molar-refractivity contribution in [1.29, 1.82) is 0 Å². The first-order valence-electron chi connectivity index (χ1n) is 5.81. The lowest BCUT2D eigenvalue weighted by Gasteiger charge is -2.19. The molecule has 16 heavy (non-hydrogen) atoms. The predicted octanol–water partition coefficient (Wildman–Crippen LogP) is 2.64. The van der Waals surface area contributed by atoms with E-state index < -0.39 is 0 Å². The van der Waals surface area contributed by atoms with Gasteiger partial charge in [0.2, 0.25) is 0 Å². The molecule has 1 aromatic rings. The van der Waals surface area contributed by atoms with Gasteiger partial charge in [-0.1, -0.05) is 27.7 Å². The molecule has 0 bridgehead atoms. The van der Waals surface area contributed by atoms with Crippen LogP contribution in [0.4, 0.5) is 11.6 Å². The molecule has 4 heteroatoms. The molecule has 0 saturated heterocycles. The van der Waals surface area contributed by atoms with Gasteiger partial charge >= 0.3 is 0 Å². The summed E-state index contributed by atoms with van der Waals surface area (Å²) in [6.45, 7) is 10.6. The molecule has 0 aliphatic rings. The van der Waals surface area contributed by atoms with Crippen molar-refractivity contribution in [2.24, 2.45) is 5.92 Å². The summed E-state index contributed by atoms with van der Waals surface area (Å²) >= 11 is 0. The van der Waals surface area contributed by atoms with Gasteiger partial charge in [-0.25, -0.2) is 9.97 Å². The fourth-order valence-corrected chi connectivity index (χ4v) is 1.22. The van der Waals surface area contributed by atoms with Crippen LogP contribution in [0, 0.1) is 5.92 Å². The van der Waals surface area contributed by atoms with Crippen molar-refractivity contribution < 1.29 is 0 Å². The lowest BCUT2D eigenvalue weighted by atomic mass is 10.1. The van der Waals surface area contributed by atoms with Gasteiger partial charge in [0.1, 0.15) is 17.5 Å². The van der Waals surface area contributed by atoms with Crippen LogP contribution in [0.3, 0.4) is 0 Å². The Morgan fingerprint density at radius 1 is 1.12 bits per heavy atom. The van der Waals surface area contributed by atoms with E-state index in [0.29, 0.717) is 23.7 Å². The highest BCUT2D eigenvalue weighted by atomic mass is 15.1. The highest BCUT2D eigenvalue weighted by Gasteiger charge is 2.10. The minimum Gasteiger partial charge on any atom is -0.384 e. The predicted molar refractivity (Wildman–Crippen MR) is 68.5 cm³/mol. The highest BCUT2D eigenvalue weighted by molar-refractivity contribution is 5.45. The summed E-state index contributed by atoms with van der Waals surface area (Å²) < 4.78 is 0. The summed E-state index contributed by atoms with van der Waals surface area (Å²) in [7, 11) is 0. The number of nitrogens with zero attached hydrogens (tertiary/aromatic N) is 2. The van der Waals surface area contributed by atoms with Crippen molar-refractivity contribution in [2.75, 3.05) is 11.1 Å². The smallest absolute Gasteiger partial charge is 0.135 e. The Labute approximate surface area is 97.7 Å². The first kappa shape index (κ1) is 12.7. The first-order valence-corrected chi connectivity index (χ1v) is 5.81. The third kappa shape index (κ3) is 3.36. The van der Waals surface area contributed by atoms with Gasteiger partial charge in [-0.2, -0.15) is 0 Å². The Bertz CT molecular complexity index is 347. The van der Waals surface area contributed by atoms with E-state index in [9.17, 15) is 0 Å². The fraction of sp³-hybridized carbons (Fsp3) is 0.667. The molecule has 1 atom stereocenters. The van der Waals surface area contributed by atoms with E-state index in [1.807, 2.05) is 0 Å². The van der Waals surface area contributed by atoms with E-state index in [-0.39, 0.29) is 0 Å². The molecule has 0 radical (unpaired) electrons. The topological polar surface area (TPSA) is 63.8 Å². The molecule has 1 unspecified atom stereocenters. The van der Waals surface area contributed by atoms with Crippen molar-refractivity contribution >= 4 is 11.6 Å². The number of nitrogens with two attached hydrogens (primary N) is 1. The number of rotatable bonds is 4. The zero-order valence-electron chi connectivity index (χ0n) is 10.8. The molecule has 1 heterocycles. The average Bonchev–Trinajstić information content (AvgIpc) is 2.16. The molecule has 0 aliphatic heterocycles. The maximum absolute atomic E-state index is 5.76. The van der Waals surface area contributed by atoms with Crippen LogP contribution < -0.4 is 11.1 Å². The maximum atomic E-state index is 5.76. The molecule has 3 N–H and O–H groups in total. The average molecular weight is 222 g/mol. The van der Waals surface area contributed by atoms with Crippen molar-refractivity contribution in [3.05, 3.63) is 11.9 Å². The summed E-state index contributed by atoms with van der Waals surface area (Å²) in [4.78, 5) is 8.67. The van der Waals surface area contributed by atoms with Gasteiger partial charge in [0.15, 0.2) is 0 Å². The van der Waals surface area contributed by atoms with E-state index in [1.54, 1.807) is 6.07 Å². The summed E-state index contributed by atoms with van der Waals surface area (Å²) in [5, 5.41) is 3.35. The van der Waals surface area contributed by atoms with Gasteiger partial charge in [-0.05, 0) is 12.8 Å². The second-order valence-electron chi connectivity index (χ2n) is 4.87. The second-order valence-corrected chi connectivity index (χ2v) is 4.87. The van der Waals surface area contributed by atoms with Crippen LogP contribution in [0.15, 0.2) is 6.07 Å². The quantitative estimate of drug-likeness (QED) is 0.822. The molecule has 4 nitrogen and oxygen atoms in total. The van der Waals surface area contributed by atoms with E-state index >= 15 is 0 Å². The molecule has 0 spiro atoms. The standard InChI is InChI=1S/C12H22N4/c1-7(2)9(5)14-11-6-10(13)15-12(16-11)8(3)4/h6-9H,1-5H3,(H3,13,14,15,16). The van der Waals surface area contributed by atoms with Crippen LogP contribution in [0.25, 0.3) is 0 Å². The Hall–Kier alpha value is -1.32. The monoisotopic (exact) mass is 222 g/mol. The normalized spacial score (nSPS) is 13.2. The van der Waals surface area contributed by atoms with Gasteiger partial charge in [0.25, 0.3) is 0 Å². The number of aromatic nitrogens is 2. The SMILES string of the molecule is CC(C)c1nc(N)cc(NC(C)C(C)C)n1. The minimum absolute atomic E-state index is 0.290. The molecular formula is C12H22N4. The molecule has 0 aliphatic carbocycles. The summed E-state index contributed by atoms with van der Waals surface area (Å²) in [6.07, 6.45) is 0. The third-order valence-electron chi connectivity index (χ3n) is 2.66. The number of anilines is 2. The molecular weight excluding hydrogens is 200 g/mol. The molecule has 0 aromatic carbocycles. The van der Waals surface area contributed by atoms with E-state index in [1.165, 1.54) is 0 Å². The van der Waals surface area contributed by atoms with Crippen molar-refractivity contribution in [3.63, 3.8) is 0 Å². The van der Waals surface area contributed by atoms with E-state index in [4.69, 9.17) is 5.73 Å². The van der Waals surface area contributed by atoms with Crippen LogP contribution in [-0.4, -0.2) is 16.0 Å². The van der Waals surface area contributed by atoms with E-state index in [0.717, 1.165) is 11.6 Å². The number of nitrogens with one attached hydrogen (secondary N) is 1. The molecule has 0 fully saturated rings. The maximum Gasteiger partial charge on any atom is 0.135 e. The van der Waals surface area contributed by atoms with Crippen LogP contribution >= 0.6 is 0 Å². The zero-order chi connectivity index (χ0) is 12.3. The number of hydrogen-bond acceptors (Lipinski definition) is 4. The van der Waals surface area contributed by atoms with Crippen LogP contribution in [-0.2, 0) is 0 Å². The Morgan fingerprint density at radius 3 is 2.25 bits per heavy atom. The first-order chi connectivity index (χ1) is 7.40. The highest BCUT2D eigenvalue weighted by Crippen LogP contribution is 2.16. The molecule has 0 saturated carbocycles.